The first-order chi connectivity index (χ1) is 10.6. The smallest absolute Gasteiger partial charge is 0.130 e. The Balaban J connectivity index is 2.35. The Morgan fingerprint density at radius 1 is 1.09 bits per heavy atom. The van der Waals surface area contributed by atoms with Crippen molar-refractivity contribution < 1.29 is 5.11 Å². The van der Waals surface area contributed by atoms with Gasteiger partial charge in [0.25, 0.3) is 0 Å². The molecule has 0 aliphatic carbocycles. The number of nitrogens with one attached hydrogen (secondary N) is 1. The minimum Gasteiger partial charge on any atom is -0.508 e. The van der Waals surface area contributed by atoms with Gasteiger partial charge in [-0.1, -0.05) is 18.2 Å². The number of aromatic nitrogens is 1. The third kappa shape index (κ3) is 2.27. The van der Waals surface area contributed by atoms with Crippen LogP contribution in [0.2, 0.25) is 0 Å². The highest BCUT2D eigenvalue weighted by Crippen LogP contribution is 2.33. The Kier molecular flexibility index (Phi) is 3.48. The van der Waals surface area contributed by atoms with Crippen LogP contribution in [0.5, 0.6) is 5.75 Å². The van der Waals surface area contributed by atoms with Gasteiger partial charge in [0.1, 0.15) is 23.2 Å². The lowest BCUT2D eigenvalue weighted by molar-refractivity contribution is 0.475. The largest absolute Gasteiger partial charge is 0.508 e. The monoisotopic (exact) mass is 291 g/mol. The highest BCUT2D eigenvalue weighted by Gasteiger charge is 2.18. The minimum absolute atomic E-state index is 0.201. The Labute approximate surface area is 129 Å². The van der Waals surface area contributed by atoms with Crippen molar-refractivity contribution in [3.8, 4) is 17.5 Å². The van der Waals surface area contributed by atoms with Crippen molar-refractivity contribution in [2.45, 2.75) is 19.9 Å². The first kappa shape index (κ1) is 14.0. The van der Waals surface area contributed by atoms with Crippen molar-refractivity contribution in [2.75, 3.05) is 5.32 Å². The van der Waals surface area contributed by atoms with Gasteiger partial charge in [-0.2, -0.15) is 5.26 Å². The van der Waals surface area contributed by atoms with Crippen molar-refractivity contribution in [3.63, 3.8) is 0 Å². The van der Waals surface area contributed by atoms with Crippen LogP contribution in [-0.4, -0.2) is 15.7 Å². The van der Waals surface area contributed by atoms with Gasteiger partial charge < -0.3 is 10.4 Å². The van der Waals surface area contributed by atoms with Crippen LogP contribution < -0.4 is 5.32 Å². The predicted molar refractivity (Wildman–Crippen MR) is 88.4 cm³/mol. The van der Waals surface area contributed by atoms with E-state index in [0.717, 1.165) is 22.4 Å². The molecule has 0 bridgehead atoms. The SMILES string of the molecule is CC(C)Nc1c(C#N)c2ccccc2n1-c1ccc(O)cc1. The van der Waals surface area contributed by atoms with Crippen molar-refractivity contribution in [1.82, 2.24) is 4.57 Å². The van der Waals surface area contributed by atoms with Crippen LogP contribution in [0.1, 0.15) is 19.4 Å². The number of phenols is 1. The van der Waals surface area contributed by atoms with Crippen LogP contribution in [0.15, 0.2) is 48.5 Å². The Morgan fingerprint density at radius 3 is 2.41 bits per heavy atom. The lowest BCUT2D eigenvalue weighted by atomic mass is 10.2. The van der Waals surface area contributed by atoms with Gasteiger partial charge in [-0.05, 0) is 44.2 Å². The maximum atomic E-state index is 9.59. The van der Waals surface area contributed by atoms with Gasteiger partial charge in [-0.25, -0.2) is 0 Å². The molecule has 0 amide bonds. The molecule has 0 saturated heterocycles. The molecule has 0 radical (unpaired) electrons. The second-order valence-corrected chi connectivity index (χ2v) is 5.50. The van der Waals surface area contributed by atoms with E-state index in [1.54, 1.807) is 12.1 Å². The third-order valence-electron chi connectivity index (χ3n) is 3.52. The van der Waals surface area contributed by atoms with Crippen LogP contribution >= 0.6 is 0 Å². The maximum absolute atomic E-state index is 9.59. The fourth-order valence-electron chi connectivity index (χ4n) is 2.63. The molecule has 0 atom stereocenters. The molecule has 2 N–H and O–H groups in total. The van der Waals surface area contributed by atoms with Crippen LogP contribution in [0, 0.1) is 11.3 Å². The summed E-state index contributed by atoms with van der Waals surface area (Å²) in [6, 6.07) is 17.3. The summed E-state index contributed by atoms with van der Waals surface area (Å²) in [5.41, 5.74) is 2.50. The molecular formula is C18H17N3O. The first-order valence-electron chi connectivity index (χ1n) is 7.21. The second-order valence-electron chi connectivity index (χ2n) is 5.50. The lowest BCUT2D eigenvalue weighted by Crippen LogP contribution is -2.14. The van der Waals surface area contributed by atoms with E-state index in [2.05, 4.69) is 11.4 Å². The van der Waals surface area contributed by atoms with Gasteiger partial charge in [0, 0.05) is 17.1 Å². The number of benzene rings is 2. The molecule has 0 spiro atoms. The Hall–Kier alpha value is -2.93. The Bertz CT molecular complexity index is 854. The van der Waals surface area contributed by atoms with E-state index in [0.29, 0.717) is 5.56 Å². The van der Waals surface area contributed by atoms with E-state index in [4.69, 9.17) is 0 Å². The lowest BCUT2D eigenvalue weighted by Gasteiger charge is -2.15. The van der Waals surface area contributed by atoms with Crippen molar-refractivity contribution in [2.24, 2.45) is 0 Å². The van der Waals surface area contributed by atoms with Gasteiger partial charge in [-0.3, -0.25) is 4.57 Å². The number of hydrogen-bond donors (Lipinski definition) is 2. The summed E-state index contributed by atoms with van der Waals surface area (Å²) in [6.07, 6.45) is 0. The number of fused-ring (bicyclic) bond motifs is 1. The molecule has 4 nitrogen and oxygen atoms in total. The molecule has 0 aliphatic heterocycles. The molecule has 4 heteroatoms. The zero-order valence-corrected chi connectivity index (χ0v) is 12.5. The standard InChI is InChI=1S/C18H17N3O/c1-12(2)20-18-16(11-19)15-5-3-4-6-17(15)21(18)13-7-9-14(22)10-8-13/h3-10,12,20,22H,1-2H3. The normalized spacial score (nSPS) is 10.8. The summed E-state index contributed by atoms with van der Waals surface area (Å²) < 4.78 is 2.02. The topological polar surface area (TPSA) is 61.0 Å². The van der Waals surface area contributed by atoms with Gasteiger partial charge >= 0.3 is 0 Å². The van der Waals surface area contributed by atoms with E-state index >= 15 is 0 Å². The van der Waals surface area contributed by atoms with Crippen molar-refractivity contribution in [1.29, 1.82) is 5.26 Å². The molecule has 0 fully saturated rings. The fourth-order valence-corrected chi connectivity index (χ4v) is 2.63. The number of aromatic hydroxyl groups is 1. The maximum Gasteiger partial charge on any atom is 0.130 e. The molecular weight excluding hydrogens is 274 g/mol. The fraction of sp³-hybridized carbons (Fsp3) is 0.167. The number of nitrogens with zero attached hydrogens (tertiary/aromatic N) is 2. The molecule has 3 rings (SSSR count). The number of phenolic OH excluding ortho intramolecular Hbond substituents is 1. The van der Waals surface area contributed by atoms with E-state index in [1.807, 2.05) is 54.8 Å². The highest BCUT2D eigenvalue weighted by atomic mass is 16.3. The minimum atomic E-state index is 0.201. The predicted octanol–water partition coefficient (Wildman–Crippen LogP) is 4.03. The number of para-hydroxylation sites is 1. The van der Waals surface area contributed by atoms with Gasteiger partial charge in [0.2, 0.25) is 0 Å². The molecule has 22 heavy (non-hydrogen) atoms. The average Bonchev–Trinajstić information content (AvgIpc) is 2.80. The molecule has 110 valence electrons. The van der Waals surface area contributed by atoms with Crippen LogP contribution in [0.25, 0.3) is 16.6 Å². The molecule has 1 aromatic heterocycles. The number of nitriles is 1. The summed E-state index contributed by atoms with van der Waals surface area (Å²) in [4.78, 5) is 0. The van der Waals surface area contributed by atoms with E-state index < -0.39 is 0 Å². The molecule has 0 unspecified atom stereocenters. The van der Waals surface area contributed by atoms with E-state index in [9.17, 15) is 10.4 Å². The molecule has 1 heterocycles. The summed E-state index contributed by atoms with van der Waals surface area (Å²) >= 11 is 0. The van der Waals surface area contributed by atoms with Gasteiger partial charge in [0.15, 0.2) is 0 Å². The molecule has 3 aromatic rings. The summed E-state index contributed by atoms with van der Waals surface area (Å²) in [6.45, 7) is 4.08. The number of rotatable bonds is 3. The summed E-state index contributed by atoms with van der Waals surface area (Å²) in [7, 11) is 0. The summed E-state index contributed by atoms with van der Waals surface area (Å²) in [5, 5.41) is 23.4. The molecule has 0 aliphatic rings. The zero-order chi connectivity index (χ0) is 15.7. The third-order valence-corrected chi connectivity index (χ3v) is 3.52. The van der Waals surface area contributed by atoms with Crippen LogP contribution in [-0.2, 0) is 0 Å². The van der Waals surface area contributed by atoms with Gasteiger partial charge in [0.05, 0.1) is 5.52 Å². The average molecular weight is 291 g/mol. The van der Waals surface area contributed by atoms with Crippen LogP contribution in [0.3, 0.4) is 0 Å². The Morgan fingerprint density at radius 2 is 1.77 bits per heavy atom. The number of hydrogen-bond acceptors (Lipinski definition) is 3. The zero-order valence-electron chi connectivity index (χ0n) is 12.5. The van der Waals surface area contributed by atoms with E-state index in [-0.39, 0.29) is 11.8 Å². The quantitative estimate of drug-likeness (QED) is 0.766. The number of anilines is 1. The second kappa shape index (κ2) is 5.45. The van der Waals surface area contributed by atoms with Crippen molar-refractivity contribution >= 4 is 16.7 Å². The van der Waals surface area contributed by atoms with Crippen LogP contribution in [0.4, 0.5) is 5.82 Å². The first-order valence-corrected chi connectivity index (χ1v) is 7.21. The van der Waals surface area contributed by atoms with Gasteiger partial charge in [-0.15, -0.1) is 0 Å². The highest BCUT2D eigenvalue weighted by molar-refractivity contribution is 5.94. The molecule has 0 saturated carbocycles. The van der Waals surface area contributed by atoms with Crippen molar-refractivity contribution in [3.05, 3.63) is 54.1 Å². The molecule has 2 aromatic carbocycles. The summed E-state index contributed by atoms with van der Waals surface area (Å²) in [5.74, 6) is 1.00. The van der Waals surface area contributed by atoms with E-state index in [1.165, 1.54) is 0 Å².